The number of anilines is 1. The smallest absolute Gasteiger partial charge is 0.305 e. The van der Waals surface area contributed by atoms with Crippen LogP contribution in [-0.2, 0) is 11.3 Å². The molecule has 1 aromatic heterocycles. The summed E-state index contributed by atoms with van der Waals surface area (Å²) in [5, 5.41) is 14.8. The lowest BCUT2D eigenvalue weighted by atomic mass is 10.2. The Morgan fingerprint density at radius 2 is 2.05 bits per heavy atom. The maximum Gasteiger partial charge on any atom is 0.305 e. The van der Waals surface area contributed by atoms with Gasteiger partial charge in [-0.3, -0.25) is 14.3 Å². The Balaban J connectivity index is 2.03. The predicted octanol–water partition coefficient (Wildman–Crippen LogP) is 1.89. The fraction of sp³-hybridized carbons (Fsp3) is 0.154. The van der Waals surface area contributed by atoms with Crippen molar-refractivity contribution < 1.29 is 23.5 Å². The number of amides is 1. The molecule has 2 N–H and O–H groups in total. The van der Waals surface area contributed by atoms with Crippen LogP contribution in [0.4, 0.5) is 14.5 Å². The van der Waals surface area contributed by atoms with Crippen LogP contribution >= 0.6 is 0 Å². The van der Waals surface area contributed by atoms with Gasteiger partial charge in [0.25, 0.3) is 5.91 Å². The first-order valence-corrected chi connectivity index (χ1v) is 5.96. The number of halogens is 2. The molecule has 1 aromatic carbocycles. The summed E-state index contributed by atoms with van der Waals surface area (Å²) >= 11 is 0. The maximum absolute atomic E-state index is 13.0. The number of benzene rings is 1. The number of carbonyl (C=O) groups excluding carboxylic acids is 1. The second kappa shape index (κ2) is 6.12. The van der Waals surface area contributed by atoms with Crippen molar-refractivity contribution >= 4 is 17.6 Å². The molecule has 0 radical (unpaired) electrons. The Bertz CT molecular complexity index is 685. The second-order valence-corrected chi connectivity index (χ2v) is 4.22. The van der Waals surface area contributed by atoms with Crippen LogP contribution in [0.15, 0.2) is 30.6 Å². The zero-order chi connectivity index (χ0) is 15.4. The van der Waals surface area contributed by atoms with E-state index in [1.54, 1.807) is 0 Å². The minimum Gasteiger partial charge on any atom is -0.481 e. The van der Waals surface area contributed by atoms with Crippen molar-refractivity contribution in [3.8, 4) is 0 Å². The number of rotatable bonds is 5. The number of aromatic nitrogens is 2. The molecule has 110 valence electrons. The molecule has 0 aliphatic carbocycles. The molecule has 1 amide bonds. The molecular weight excluding hydrogens is 284 g/mol. The normalized spacial score (nSPS) is 10.4. The number of carboxylic acid groups (broad SMARTS) is 1. The molecule has 0 fully saturated rings. The number of hydrogen-bond donors (Lipinski definition) is 2. The Hall–Kier alpha value is -2.77. The zero-order valence-electron chi connectivity index (χ0n) is 10.7. The highest BCUT2D eigenvalue weighted by Crippen LogP contribution is 2.14. The highest BCUT2D eigenvalue weighted by atomic mass is 19.2. The summed E-state index contributed by atoms with van der Waals surface area (Å²) in [6.07, 6.45) is 2.52. The Morgan fingerprint density at radius 3 is 2.71 bits per heavy atom. The molecular formula is C13H11F2N3O3. The number of hydrogen-bond acceptors (Lipinski definition) is 3. The van der Waals surface area contributed by atoms with E-state index in [-0.39, 0.29) is 24.2 Å². The molecule has 21 heavy (non-hydrogen) atoms. The van der Waals surface area contributed by atoms with Crippen LogP contribution in [0.5, 0.6) is 0 Å². The summed E-state index contributed by atoms with van der Waals surface area (Å²) in [6, 6.07) is 2.99. The average molecular weight is 295 g/mol. The monoisotopic (exact) mass is 295 g/mol. The van der Waals surface area contributed by atoms with Crippen LogP contribution in [-0.4, -0.2) is 26.8 Å². The van der Waals surface area contributed by atoms with Crippen molar-refractivity contribution in [3.05, 3.63) is 47.8 Å². The van der Waals surface area contributed by atoms with Crippen LogP contribution in [0.2, 0.25) is 0 Å². The summed E-state index contributed by atoms with van der Waals surface area (Å²) in [7, 11) is 0. The van der Waals surface area contributed by atoms with Crippen molar-refractivity contribution in [2.75, 3.05) is 5.32 Å². The van der Waals surface area contributed by atoms with Gasteiger partial charge in [-0.2, -0.15) is 5.10 Å². The molecule has 0 saturated heterocycles. The first-order valence-electron chi connectivity index (χ1n) is 5.96. The summed E-state index contributed by atoms with van der Waals surface area (Å²) in [4.78, 5) is 22.3. The third kappa shape index (κ3) is 3.85. The Kier molecular flexibility index (Phi) is 4.27. The molecule has 0 unspecified atom stereocenters. The molecule has 0 aliphatic rings. The standard InChI is InChI=1S/C13H11F2N3O3/c14-10-2-1-9(5-11(10)15)17-13(21)8-6-16-18(7-8)4-3-12(19)20/h1-2,5-7H,3-4H2,(H,17,21)(H,19,20). The van der Waals surface area contributed by atoms with Crippen LogP contribution in [0.25, 0.3) is 0 Å². The van der Waals surface area contributed by atoms with Crippen molar-refractivity contribution in [2.24, 2.45) is 0 Å². The van der Waals surface area contributed by atoms with E-state index < -0.39 is 23.5 Å². The number of nitrogens with zero attached hydrogens (tertiary/aromatic N) is 2. The van der Waals surface area contributed by atoms with Gasteiger partial charge >= 0.3 is 5.97 Å². The van der Waals surface area contributed by atoms with Crippen molar-refractivity contribution in [2.45, 2.75) is 13.0 Å². The number of aryl methyl sites for hydroxylation is 1. The van der Waals surface area contributed by atoms with Gasteiger partial charge in [0.15, 0.2) is 11.6 Å². The maximum atomic E-state index is 13.0. The lowest BCUT2D eigenvalue weighted by molar-refractivity contribution is -0.137. The van der Waals surface area contributed by atoms with Crippen LogP contribution in [0, 0.1) is 11.6 Å². The second-order valence-electron chi connectivity index (χ2n) is 4.22. The van der Waals surface area contributed by atoms with Crippen LogP contribution < -0.4 is 5.32 Å². The first kappa shape index (κ1) is 14.6. The van der Waals surface area contributed by atoms with Gasteiger partial charge in [-0.25, -0.2) is 8.78 Å². The van der Waals surface area contributed by atoms with Gasteiger partial charge in [-0.1, -0.05) is 0 Å². The highest BCUT2D eigenvalue weighted by molar-refractivity contribution is 6.03. The minimum absolute atomic E-state index is 0.109. The van der Waals surface area contributed by atoms with Gasteiger partial charge < -0.3 is 10.4 Å². The first-order chi connectivity index (χ1) is 9.95. The van der Waals surface area contributed by atoms with E-state index >= 15 is 0 Å². The molecule has 2 rings (SSSR count). The van der Waals surface area contributed by atoms with E-state index in [1.165, 1.54) is 23.1 Å². The summed E-state index contributed by atoms with van der Waals surface area (Å²) in [5.41, 5.74) is 0.294. The predicted molar refractivity (Wildman–Crippen MR) is 68.8 cm³/mol. The van der Waals surface area contributed by atoms with Gasteiger partial charge in [-0.05, 0) is 12.1 Å². The largest absolute Gasteiger partial charge is 0.481 e. The van der Waals surface area contributed by atoms with Gasteiger partial charge in [0.1, 0.15) is 0 Å². The minimum atomic E-state index is -1.06. The molecule has 0 aliphatic heterocycles. The van der Waals surface area contributed by atoms with Gasteiger partial charge in [0.2, 0.25) is 0 Å². The fourth-order valence-corrected chi connectivity index (χ4v) is 1.59. The quantitative estimate of drug-likeness (QED) is 0.882. The van der Waals surface area contributed by atoms with Crippen molar-refractivity contribution in [1.82, 2.24) is 9.78 Å². The fourth-order valence-electron chi connectivity index (χ4n) is 1.59. The highest BCUT2D eigenvalue weighted by Gasteiger charge is 2.11. The van der Waals surface area contributed by atoms with Crippen LogP contribution in [0.1, 0.15) is 16.8 Å². The van der Waals surface area contributed by atoms with E-state index in [2.05, 4.69) is 10.4 Å². The molecule has 2 aromatic rings. The molecule has 0 bridgehead atoms. The lowest BCUT2D eigenvalue weighted by Crippen LogP contribution is -2.11. The van der Waals surface area contributed by atoms with E-state index in [4.69, 9.17) is 5.11 Å². The van der Waals surface area contributed by atoms with E-state index in [0.717, 1.165) is 12.1 Å². The lowest BCUT2D eigenvalue weighted by Gasteiger charge is -2.03. The number of carbonyl (C=O) groups is 2. The van der Waals surface area contributed by atoms with Gasteiger partial charge in [-0.15, -0.1) is 0 Å². The summed E-state index contributed by atoms with van der Waals surface area (Å²) in [6.45, 7) is 0.133. The van der Waals surface area contributed by atoms with Crippen molar-refractivity contribution in [3.63, 3.8) is 0 Å². The van der Waals surface area contributed by atoms with E-state index in [9.17, 15) is 18.4 Å². The zero-order valence-corrected chi connectivity index (χ0v) is 10.7. The van der Waals surface area contributed by atoms with Gasteiger partial charge in [0.05, 0.1) is 24.7 Å². The topological polar surface area (TPSA) is 84.2 Å². The molecule has 0 atom stereocenters. The summed E-state index contributed by atoms with van der Waals surface area (Å²) < 4.78 is 27.1. The number of nitrogens with one attached hydrogen (secondary N) is 1. The molecule has 6 nitrogen and oxygen atoms in total. The van der Waals surface area contributed by atoms with E-state index in [1.807, 2.05) is 0 Å². The van der Waals surface area contributed by atoms with Gasteiger partial charge in [0, 0.05) is 18.0 Å². The molecule has 8 heteroatoms. The molecule has 1 heterocycles. The summed E-state index contributed by atoms with van der Waals surface area (Å²) in [5.74, 6) is -3.60. The number of aliphatic carboxylic acids is 1. The SMILES string of the molecule is O=C(O)CCn1cc(C(=O)Nc2ccc(F)c(F)c2)cn1. The Labute approximate surface area is 118 Å². The Morgan fingerprint density at radius 1 is 1.29 bits per heavy atom. The third-order valence-corrected chi connectivity index (χ3v) is 2.63. The number of carboxylic acids is 1. The molecule has 0 saturated carbocycles. The van der Waals surface area contributed by atoms with Crippen molar-refractivity contribution in [1.29, 1.82) is 0 Å². The average Bonchev–Trinajstić information content (AvgIpc) is 2.89. The molecule has 0 spiro atoms. The van der Waals surface area contributed by atoms with E-state index in [0.29, 0.717) is 0 Å². The third-order valence-electron chi connectivity index (χ3n) is 2.63. The van der Waals surface area contributed by atoms with Crippen LogP contribution in [0.3, 0.4) is 0 Å².